The van der Waals surface area contributed by atoms with Gasteiger partial charge in [-0.3, -0.25) is 9.20 Å². The highest BCUT2D eigenvalue weighted by Gasteiger charge is 2.33. The van der Waals surface area contributed by atoms with Crippen molar-refractivity contribution in [3.05, 3.63) is 48.0 Å². The van der Waals surface area contributed by atoms with Crippen LogP contribution in [0.5, 0.6) is 0 Å². The van der Waals surface area contributed by atoms with E-state index in [1.807, 2.05) is 34.6 Å². The van der Waals surface area contributed by atoms with Crippen LogP contribution in [-0.2, 0) is 11.2 Å². The lowest BCUT2D eigenvalue weighted by molar-refractivity contribution is -0.122. The fourth-order valence-corrected chi connectivity index (χ4v) is 4.28. The van der Waals surface area contributed by atoms with E-state index in [-0.39, 0.29) is 11.8 Å². The first-order chi connectivity index (χ1) is 13.2. The van der Waals surface area contributed by atoms with E-state index >= 15 is 0 Å². The van der Waals surface area contributed by atoms with Crippen LogP contribution in [0.25, 0.3) is 5.65 Å². The molecule has 1 amide bonds. The third-order valence-electron chi connectivity index (χ3n) is 5.78. The Morgan fingerprint density at radius 3 is 2.78 bits per heavy atom. The predicted molar refractivity (Wildman–Crippen MR) is 103 cm³/mol. The second kappa shape index (κ2) is 6.33. The van der Waals surface area contributed by atoms with Gasteiger partial charge in [-0.05, 0) is 37.8 Å². The largest absolute Gasteiger partial charge is 0.353 e. The summed E-state index contributed by atoms with van der Waals surface area (Å²) in [6.45, 7) is 4.36. The van der Waals surface area contributed by atoms with Crippen molar-refractivity contribution in [1.29, 1.82) is 0 Å². The van der Waals surface area contributed by atoms with Gasteiger partial charge in [-0.15, -0.1) is 10.2 Å². The summed E-state index contributed by atoms with van der Waals surface area (Å²) in [6.07, 6.45) is 6.31. The Labute approximate surface area is 157 Å². The molecule has 3 aromatic rings. The first-order valence-corrected chi connectivity index (χ1v) is 9.53. The maximum Gasteiger partial charge on any atom is 0.230 e. The summed E-state index contributed by atoms with van der Waals surface area (Å²) in [5.41, 5.74) is 3.16. The van der Waals surface area contributed by atoms with Crippen molar-refractivity contribution in [3.8, 4) is 0 Å². The Morgan fingerprint density at radius 1 is 1.11 bits per heavy atom. The van der Waals surface area contributed by atoms with Gasteiger partial charge in [-0.2, -0.15) is 0 Å². The normalized spacial score (nSPS) is 17.5. The van der Waals surface area contributed by atoms with Crippen molar-refractivity contribution in [2.75, 3.05) is 29.4 Å². The number of piperidine rings is 1. The molecule has 0 N–H and O–H groups in total. The zero-order chi connectivity index (χ0) is 18.4. The molecule has 7 heteroatoms. The van der Waals surface area contributed by atoms with E-state index in [9.17, 15) is 4.79 Å². The summed E-state index contributed by atoms with van der Waals surface area (Å²) in [4.78, 5) is 21.8. The van der Waals surface area contributed by atoms with Crippen LogP contribution in [0.4, 0.5) is 11.5 Å². The van der Waals surface area contributed by atoms with Crippen LogP contribution in [0.3, 0.4) is 0 Å². The monoisotopic (exact) mass is 362 g/mol. The zero-order valence-electron chi connectivity index (χ0n) is 15.4. The molecule has 0 atom stereocenters. The lowest BCUT2D eigenvalue weighted by Gasteiger charge is -2.33. The molecule has 1 saturated heterocycles. The van der Waals surface area contributed by atoms with Crippen molar-refractivity contribution in [3.63, 3.8) is 0 Å². The van der Waals surface area contributed by atoms with Crippen LogP contribution in [0.1, 0.15) is 24.2 Å². The lowest BCUT2D eigenvalue weighted by atomic mass is 9.95. The molecule has 4 heterocycles. The number of carbonyl (C=O) groups is 1. The average molecular weight is 362 g/mol. The summed E-state index contributed by atoms with van der Waals surface area (Å²) in [7, 11) is 0. The molecule has 5 rings (SSSR count). The van der Waals surface area contributed by atoms with E-state index in [1.54, 1.807) is 6.20 Å². The molecule has 0 saturated carbocycles. The first kappa shape index (κ1) is 16.2. The van der Waals surface area contributed by atoms with Crippen molar-refractivity contribution >= 4 is 23.1 Å². The third kappa shape index (κ3) is 2.65. The van der Waals surface area contributed by atoms with E-state index in [0.717, 1.165) is 61.9 Å². The third-order valence-corrected chi connectivity index (χ3v) is 5.78. The second-order valence-electron chi connectivity index (χ2n) is 7.32. The fraction of sp³-hybridized carbons (Fsp3) is 0.400. The van der Waals surface area contributed by atoms with Gasteiger partial charge < -0.3 is 9.80 Å². The maximum absolute atomic E-state index is 13.1. The fourth-order valence-electron chi connectivity index (χ4n) is 4.28. The smallest absolute Gasteiger partial charge is 0.230 e. The first-order valence-electron chi connectivity index (χ1n) is 9.53. The molecular formula is C20H22N6O. The van der Waals surface area contributed by atoms with Gasteiger partial charge in [0.2, 0.25) is 11.6 Å². The number of rotatable bonds is 2. The molecule has 0 spiro atoms. The van der Waals surface area contributed by atoms with E-state index in [0.29, 0.717) is 0 Å². The van der Waals surface area contributed by atoms with Gasteiger partial charge in [0.1, 0.15) is 5.82 Å². The van der Waals surface area contributed by atoms with Crippen molar-refractivity contribution in [1.82, 2.24) is 19.6 Å². The molecule has 2 aliphatic rings. The summed E-state index contributed by atoms with van der Waals surface area (Å²) in [5, 5.41) is 8.42. The van der Waals surface area contributed by atoms with Gasteiger partial charge in [0, 0.05) is 43.6 Å². The molecule has 27 heavy (non-hydrogen) atoms. The summed E-state index contributed by atoms with van der Waals surface area (Å²) in [6, 6.07) is 8.25. The highest BCUT2D eigenvalue weighted by Crippen LogP contribution is 2.32. The van der Waals surface area contributed by atoms with E-state index < -0.39 is 0 Å². The number of anilines is 2. The van der Waals surface area contributed by atoms with Crippen LogP contribution < -0.4 is 9.80 Å². The number of amides is 1. The summed E-state index contributed by atoms with van der Waals surface area (Å²) >= 11 is 0. The Hall–Kier alpha value is -2.96. The molecule has 138 valence electrons. The Morgan fingerprint density at radius 2 is 1.93 bits per heavy atom. The predicted octanol–water partition coefficient (Wildman–Crippen LogP) is 2.24. The summed E-state index contributed by atoms with van der Waals surface area (Å²) in [5.74, 6) is 2.05. The van der Waals surface area contributed by atoms with Gasteiger partial charge in [0.05, 0.1) is 0 Å². The number of benzene rings is 1. The number of para-hydroxylation sites is 1. The molecule has 0 bridgehead atoms. The highest BCUT2D eigenvalue weighted by molar-refractivity contribution is 5.97. The van der Waals surface area contributed by atoms with Gasteiger partial charge in [-0.1, -0.05) is 18.2 Å². The number of hydrogen-bond donors (Lipinski definition) is 0. The Balaban J connectivity index is 1.31. The zero-order valence-corrected chi connectivity index (χ0v) is 15.4. The maximum atomic E-state index is 13.1. The van der Waals surface area contributed by atoms with Crippen LogP contribution in [0, 0.1) is 12.8 Å². The van der Waals surface area contributed by atoms with Gasteiger partial charge in [0.25, 0.3) is 0 Å². The number of carbonyl (C=O) groups excluding carboxylic acids is 1. The van der Waals surface area contributed by atoms with Gasteiger partial charge in [0.15, 0.2) is 5.82 Å². The quantitative estimate of drug-likeness (QED) is 0.699. The molecule has 0 unspecified atom stereocenters. The number of aromatic nitrogens is 4. The van der Waals surface area contributed by atoms with Crippen molar-refractivity contribution in [2.24, 2.45) is 5.92 Å². The van der Waals surface area contributed by atoms with Crippen molar-refractivity contribution < 1.29 is 4.79 Å². The molecule has 0 aliphatic carbocycles. The van der Waals surface area contributed by atoms with Crippen LogP contribution in [0.2, 0.25) is 0 Å². The topological polar surface area (TPSA) is 66.6 Å². The molecule has 1 aromatic carbocycles. The molecule has 0 radical (unpaired) electrons. The molecule has 7 nitrogen and oxygen atoms in total. The van der Waals surface area contributed by atoms with E-state index in [1.165, 1.54) is 5.56 Å². The highest BCUT2D eigenvalue weighted by atomic mass is 16.2. The molecule has 1 fully saturated rings. The number of aryl methyl sites for hydroxylation is 1. The number of nitrogens with zero attached hydrogens (tertiary/aromatic N) is 6. The molecular weight excluding hydrogens is 340 g/mol. The van der Waals surface area contributed by atoms with Crippen LogP contribution >= 0.6 is 0 Å². The van der Waals surface area contributed by atoms with Gasteiger partial charge in [-0.25, -0.2) is 4.98 Å². The lowest BCUT2D eigenvalue weighted by Crippen LogP contribution is -2.42. The SMILES string of the molecule is Cc1nnc2c(N3CCC(C(=O)N4CCc5ccccc54)CC3)nccn12. The molecule has 2 aliphatic heterocycles. The molecule has 2 aromatic heterocycles. The minimum absolute atomic E-state index is 0.0757. The average Bonchev–Trinajstić information content (AvgIpc) is 3.32. The Bertz CT molecular complexity index is 1000. The minimum Gasteiger partial charge on any atom is -0.353 e. The summed E-state index contributed by atoms with van der Waals surface area (Å²) < 4.78 is 1.96. The number of hydrogen-bond acceptors (Lipinski definition) is 5. The van der Waals surface area contributed by atoms with E-state index in [4.69, 9.17) is 0 Å². The second-order valence-corrected chi connectivity index (χ2v) is 7.32. The van der Waals surface area contributed by atoms with Crippen molar-refractivity contribution in [2.45, 2.75) is 26.2 Å². The number of fused-ring (bicyclic) bond motifs is 2. The minimum atomic E-state index is 0.0757. The Kier molecular flexibility index (Phi) is 3.81. The van der Waals surface area contributed by atoms with Gasteiger partial charge >= 0.3 is 0 Å². The van der Waals surface area contributed by atoms with Crippen LogP contribution in [-0.4, -0.2) is 45.1 Å². The van der Waals surface area contributed by atoms with Crippen LogP contribution in [0.15, 0.2) is 36.7 Å². The van der Waals surface area contributed by atoms with E-state index in [2.05, 4.69) is 32.2 Å². The standard InChI is InChI=1S/C20H22N6O/c1-14-22-23-19-18(21-9-13-25(14)19)24-10-6-16(7-11-24)20(27)26-12-8-15-4-2-3-5-17(15)26/h2-5,9,13,16H,6-8,10-12H2,1H3.